The second kappa shape index (κ2) is 15.9. The van der Waals surface area contributed by atoms with Gasteiger partial charge in [0, 0.05) is 49.9 Å². The molecule has 0 unspecified atom stereocenters. The van der Waals surface area contributed by atoms with Gasteiger partial charge >= 0.3 is 35.5 Å². The topological polar surface area (TPSA) is 204 Å². The number of hydrogen-bond donors (Lipinski definition) is 0. The summed E-state index contributed by atoms with van der Waals surface area (Å²) in [4.78, 5) is 72.1. The summed E-state index contributed by atoms with van der Waals surface area (Å²) >= 11 is 0. The molecule has 2 aromatic heterocycles. The number of aryl methyl sites for hydroxylation is 2. The Morgan fingerprint density at radius 3 is 1.48 bits per heavy atom. The van der Waals surface area contributed by atoms with Crippen molar-refractivity contribution < 1.29 is 60.5 Å². The van der Waals surface area contributed by atoms with Crippen LogP contribution in [0.1, 0.15) is 23.0 Å². The molecule has 0 bridgehead atoms. The van der Waals surface area contributed by atoms with E-state index >= 15 is 0 Å². The first-order valence-electron chi connectivity index (χ1n) is 12.6. The molecule has 42 heavy (non-hydrogen) atoms. The fraction of sp³-hybridized carbons (Fsp3) is 0.462. The van der Waals surface area contributed by atoms with Crippen LogP contribution in [-0.2, 0) is 56.1 Å². The molecule has 3 rings (SSSR count). The number of esters is 4. The summed E-state index contributed by atoms with van der Waals surface area (Å²) in [7, 11) is 0. The predicted molar refractivity (Wildman–Crippen MR) is 135 cm³/mol. The van der Waals surface area contributed by atoms with Gasteiger partial charge in [-0.1, -0.05) is 0 Å². The minimum atomic E-state index is -0.928. The first-order chi connectivity index (χ1) is 20.1. The van der Waals surface area contributed by atoms with Gasteiger partial charge in [0.2, 0.25) is 0 Å². The Balaban J connectivity index is 1.44. The molecule has 0 amide bonds. The van der Waals surface area contributed by atoms with Gasteiger partial charge in [-0.25, -0.2) is 28.8 Å². The molecule has 16 nitrogen and oxygen atoms in total. The third kappa shape index (κ3) is 11.1. The van der Waals surface area contributed by atoms with E-state index in [1.807, 2.05) is 4.90 Å². The maximum Gasteiger partial charge on any atom is 0.519 e. The normalized spacial score (nSPS) is 14.0. The summed E-state index contributed by atoms with van der Waals surface area (Å²) in [5.41, 5.74) is 0. The van der Waals surface area contributed by atoms with Crippen LogP contribution in [0.2, 0.25) is 0 Å². The summed E-state index contributed by atoms with van der Waals surface area (Å²) in [5, 5.41) is 0. The molecule has 0 aromatic carbocycles. The molecule has 0 N–H and O–H groups in total. The SMILES string of the molecule is Cc1oc(=O)oc1COC(=O)/C=C/C(=O)OCC(COC(=O)/C=C/C(=O)OCc1oc(=O)oc1C)CN1CCOCC1. The van der Waals surface area contributed by atoms with Crippen molar-refractivity contribution >= 4 is 23.9 Å². The van der Waals surface area contributed by atoms with E-state index in [9.17, 15) is 28.8 Å². The van der Waals surface area contributed by atoms with Gasteiger partial charge in [-0.3, -0.25) is 4.90 Å². The van der Waals surface area contributed by atoms with E-state index in [4.69, 9.17) is 32.5 Å². The molecule has 0 spiro atoms. The molecule has 16 heteroatoms. The van der Waals surface area contributed by atoms with Crippen molar-refractivity contribution in [2.24, 2.45) is 5.92 Å². The Morgan fingerprint density at radius 1 is 0.690 bits per heavy atom. The van der Waals surface area contributed by atoms with Crippen molar-refractivity contribution in [2.45, 2.75) is 27.1 Å². The van der Waals surface area contributed by atoms with Crippen LogP contribution in [0.15, 0.2) is 51.6 Å². The van der Waals surface area contributed by atoms with E-state index in [1.165, 1.54) is 13.8 Å². The zero-order valence-electron chi connectivity index (χ0n) is 22.8. The van der Waals surface area contributed by atoms with Gasteiger partial charge in [-0.2, -0.15) is 0 Å². The van der Waals surface area contributed by atoms with Gasteiger partial charge in [-0.15, -0.1) is 0 Å². The highest BCUT2D eigenvalue weighted by Crippen LogP contribution is 2.09. The summed E-state index contributed by atoms with van der Waals surface area (Å²) in [5.74, 6) is -5.37. The summed E-state index contributed by atoms with van der Waals surface area (Å²) in [6.07, 6.45) is 3.42. The Kier molecular flexibility index (Phi) is 12.1. The smallest absolute Gasteiger partial charge is 0.462 e. The first-order valence-corrected chi connectivity index (χ1v) is 12.6. The molecule has 0 radical (unpaired) electrons. The van der Waals surface area contributed by atoms with Crippen LogP contribution in [0.25, 0.3) is 0 Å². The Hall–Kier alpha value is -4.70. The molecule has 0 aliphatic carbocycles. The lowest BCUT2D eigenvalue weighted by atomic mass is 10.1. The van der Waals surface area contributed by atoms with Gasteiger partial charge in [0.15, 0.2) is 36.3 Å². The third-order valence-corrected chi connectivity index (χ3v) is 5.62. The number of rotatable bonds is 14. The van der Waals surface area contributed by atoms with E-state index in [0.717, 1.165) is 24.3 Å². The van der Waals surface area contributed by atoms with Gasteiger partial charge in [0.05, 0.1) is 26.4 Å². The minimum Gasteiger partial charge on any atom is -0.462 e. The lowest BCUT2D eigenvalue weighted by molar-refractivity contribution is -0.145. The average molecular weight is 596 g/mol. The fourth-order valence-corrected chi connectivity index (χ4v) is 3.45. The zero-order chi connectivity index (χ0) is 30.5. The lowest BCUT2D eigenvalue weighted by Gasteiger charge is -2.30. The van der Waals surface area contributed by atoms with Crippen molar-refractivity contribution in [3.8, 4) is 0 Å². The first kappa shape index (κ1) is 31.8. The summed E-state index contributed by atoms with van der Waals surface area (Å²) in [6, 6.07) is 0. The standard InChI is InChI=1S/C26H29NO15/c1-16-19(41-25(32)39-16)14-37-23(30)5-3-21(28)35-12-18(11-27-7-9-34-10-8-27)13-36-22(29)4-6-24(31)38-15-20-17(2)40-26(33)42-20/h3-6,18H,7-15H2,1-2H3/b5-3+,6-4+. The monoisotopic (exact) mass is 595 g/mol. The summed E-state index contributed by atoms with van der Waals surface area (Å²) in [6.45, 7) is 4.60. The van der Waals surface area contributed by atoms with Crippen molar-refractivity contribution in [1.82, 2.24) is 4.90 Å². The molecular weight excluding hydrogens is 566 g/mol. The van der Waals surface area contributed by atoms with Crippen LogP contribution in [0.5, 0.6) is 0 Å². The van der Waals surface area contributed by atoms with E-state index in [-0.39, 0.29) is 49.5 Å². The number of carbonyl (C=O) groups excluding carboxylic acids is 4. The number of ether oxygens (including phenoxy) is 5. The van der Waals surface area contributed by atoms with E-state index in [1.54, 1.807) is 0 Å². The quantitative estimate of drug-likeness (QED) is 0.164. The molecule has 228 valence electrons. The van der Waals surface area contributed by atoms with Crippen LogP contribution < -0.4 is 11.6 Å². The minimum absolute atomic E-state index is 0.0377. The molecule has 1 saturated heterocycles. The van der Waals surface area contributed by atoms with E-state index < -0.39 is 41.4 Å². The fourth-order valence-electron chi connectivity index (χ4n) is 3.45. The highest BCUT2D eigenvalue weighted by atomic mass is 16.6. The zero-order valence-corrected chi connectivity index (χ0v) is 22.8. The number of carbonyl (C=O) groups is 4. The molecule has 2 aromatic rings. The largest absolute Gasteiger partial charge is 0.519 e. The van der Waals surface area contributed by atoms with Gasteiger partial charge < -0.3 is 41.4 Å². The maximum atomic E-state index is 12.2. The maximum absolute atomic E-state index is 12.2. The highest BCUT2D eigenvalue weighted by molar-refractivity contribution is 5.92. The Morgan fingerprint density at radius 2 is 1.10 bits per heavy atom. The predicted octanol–water partition coefficient (Wildman–Crippen LogP) is 0.330. The van der Waals surface area contributed by atoms with Gasteiger partial charge in [0.25, 0.3) is 0 Å². The molecular formula is C26H29NO15. The summed E-state index contributed by atoms with van der Waals surface area (Å²) < 4.78 is 44.2. The number of hydrogen-bond acceptors (Lipinski definition) is 16. The molecule has 1 aliphatic rings. The molecule has 0 saturated carbocycles. The lowest BCUT2D eigenvalue weighted by Crippen LogP contribution is -2.41. The van der Waals surface area contributed by atoms with Crippen LogP contribution in [0, 0.1) is 19.8 Å². The van der Waals surface area contributed by atoms with Gasteiger partial charge in [-0.05, 0) is 13.8 Å². The Labute approximate surface area is 237 Å². The van der Waals surface area contributed by atoms with Crippen molar-refractivity contribution in [3.63, 3.8) is 0 Å². The van der Waals surface area contributed by atoms with Crippen LogP contribution in [0.3, 0.4) is 0 Å². The third-order valence-electron chi connectivity index (χ3n) is 5.62. The highest BCUT2D eigenvalue weighted by Gasteiger charge is 2.20. The van der Waals surface area contributed by atoms with Crippen molar-refractivity contribution in [3.05, 3.63) is 68.6 Å². The van der Waals surface area contributed by atoms with Crippen molar-refractivity contribution in [2.75, 3.05) is 46.1 Å². The van der Waals surface area contributed by atoms with E-state index in [2.05, 4.69) is 8.83 Å². The van der Waals surface area contributed by atoms with E-state index in [0.29, 0.717) is 32.8 Å². The average Bonchev–Trinajstić information content (AvgIpc) is 3.47. The van der Waals surface area contributed by atoms with Crippen LogP contribution >= 0.6 is 0 Å². The molecule has 3 heterocycles. The number of morpholine rings is 1. The number of nitrogens with zero attached hydrogens (tertiary/aromatic N) is 1. The van der Waals surface area contributed by atoms with Crippen LogP contribution in [0.4, 0.5) is 0 Å². The van der Waals surface area contributed by atoms with Gasteiger partial charge in [0.1, 0.15) is 0 Å². The van der Waals surface area contributed by atoms with Crippen LogP contribution in [-0.4, -0.2) is 74.8 Å². The molecule has 0 atom stereocenters. The Bertz CT molecular complexity index is 1300. The molecule has 1 fully saturated rings. The van der Waals surface area contributed by atoms with Crippen molar-refractivity contribution in [1.29, 1.82) is 0 Å². The molecule has 1 aliphatic heterocycles. The second-order valence-corrected chi connectivity index (χ2v) is 8.79. The second-order valence-electron chi connectivity index (χ2n) is 8.79.